The number of carbonyl (C=O) groups excluding carboxylic acids is 1. The Hall–Kier alpha value is -4.26. The number of halogens is 4. The Bertz CT molecular complexity index is 1630. The number of rotatable bonds is 10. The van der Waals surface area contributed by atoms with Crippen LogP contribution in [0.5, 0.6) is 17.5 Å². The van der Waals surface area contributed by atoms with E-state index < -0.39 is 29.3 Å². The summed E-state index contributed by atoms with van der Waals surface area (Å²) in [4.78, 5) is 41.9. The highest BCUT2D eigenvalue weighted by Gasteiger charge is 2.31. The number of aromatic nitrogens is 4. The van der Waals surface area contributed by atoms with Crippen LogP contribution in [-0.2, 0) is 24.9 Å². The van der Waals surface area contributed by atoms with Crippen LogP contribution >= 0.6 is 11.6 Å². The lowest BCUT2D eigenvalue weighted by molar-refractivity contribution is -0.274. The van der Waals surface area contributed by atoms with Crippen molar-refractivity contribution in [2.45, 2.75) is 38.7 Å². The number of hydrogen-bond donors (Lipinski definition) is 1. The molecule has 0 atom stereocenters. The minimum absolute atomic E-state index is 0.0186. The molecule has 206 valence electrons. The molecule has 4 rings (SSSR count). The number of nitrogens with zero attached hydrogens (tertiary/aromatic N) is 4. The summed E-state index contributed by atoms with van der Waals surface area (Å²) >= 11 is 6.00. The van der Waals surface area contributed by atoms with E-state index in [0.717, 1.165) is 16.7 Å². The number of carbonyl (C=O) groups is 1. The number of primary amides is 1. The van der Waals surface area contributed by atoms with Crippen LogP contribution in [0.2, 0.25) is 5.02 Å². The number of ether oxygens (including phenoxy) is 2. The molecule has 4 aromatic rings. The predicted octanol–water partition coefficient (Wildman–Crippen LogP) is 3.94. The van der Waals surface area contributed by atoms with Gasteiger partial charge in [0.15, 0.2) is 11.2 Å². The Morgan fingerprint density at radius 3 is 2.41 bits per heavy atom. The second kappa shape index (κ2) is 11.2. The van der Waals surface area contributed by atoms with Crippen LogP contribution in [0.4, 0.5) is 13.2 Å². The average Bonchev–Trinajstić information content (AvgIpc) is 3.20. The lowest BCUT2D eigenvalue weighted by Crippen LogP contribution is -2.39. The van der Waals surface area contributed by atoms with Gasteiger partial charge in [0.1, 0.15) is 11.5 Å². The van der Waals surface area contributed by atoms with Crippen LogP contribution in [0, 0.1) is 0 Å². The van der Waals surface area contributed by atoms with E-state index in [1.807, 2.05) is 0 Å². The van der Waals surface area contributed by atoms with Crippen molar-refractivity contribution in [3.05, 3.63) is 80.0 Å². The number of alkyl halides is 3. The third kappa shape index (κ3) is 6.60. The zero-order valence-corrected chi connectivity index (χ0v) is 21.3. The first-order valence-electron chi connectivity index (χ1n) is 11.7. The predicted molar refractivity (Wildman–Crippen MR) is 136 cm³/mol. The maximum Gasteiger partial charge on any atom is 0.573 e. The SMILES string of the molecule is Cn1c(=O)n(CCCCC(N)=O)c(=O)c2c1nc(Oc1cccc(OC(F)(F)F)c1)n2Cc1ccc(Cl)cc1. The molecule has 2 heterocycles. The number of imidazole rings is 1. The molecule has 0 radical (unpaired) electrons. The third-order valence-electron chi connectivity index (χ3n) is 5.75. The lowest BCUT2D eigenvalue weighted by atomic mass is 10.2. The molecule has 0 unspecified atom stereocenters. The Morgan fingerprint density at radius 2 is 1.74 bits per heavy atom. The Morgan fingerprint density at radius 1 is 1.05 bits per heavy atom. The third-order valence-corrected chi connectivity index (χ3v) is 6.01. The standard InChI is InChI=1S/C25H23ClF3N5O5/c1-32-21-20(22(36)33(24(32)37)12-3-2-7-19(30)35)34(14-15-8-10-16(26)11-9-15)23(31-21)38-17-5-4-6-18(13-17)39-25(27,28)29/h4-6,8-11,13H,2-3,7,12,14H2,1H3,(H2,30,35). The number of hydrogen-bond acceptors (Lipinski definition) is 6. The highest BCUT2D eigenvalue weighted by molar-refractivity contribution is 6.30. The highest BCUT2D eigenvalue weighted by Crippen LogP contribution is 2.30. The quantitative estimate of drug-likeness (QED) is 0.291. The van der Waals surface area contributed by atoms with Gasteiger partial charge in [-0.15, -0.1) is 13.2 Å². The van der Waals surface area contributed by atoms with Crippen LogP contribution in [0.3, 0.4) is 0 Å². The van der Waals surface area contributed by atoms with E-state index in [0.29, 0.717) is 23.4 Å². The summed E-state index contributed by atoms with van der Waals surface area (Å²) < 4.78 is 51.5. The van der Waals surface area contributed by atoms with Crippen molar-refractivity contribution in [3.8, 4) is 17.5 Å². The van der Waals surface area contributed by atoms with E-state index in [4.69, 9.17) is 22.1 Å². The van der Waals surface area contributed by atoms with Gasteiger partial charge in [-0.1, -0.05) is 29.8 Å². The molecule has 0 aliphatic heterocycles. The zero-order valence-electron chi connectivity index (χ0n) is 20.6. The molecule has 0 saturated carbocycles. The van der Waals surface area contributed by atoms with Crippen molar-refractivity contribution in [1.82, 2.24) is 18.7 Å². The van der Waals surface area contributed by atoms with Gasteiger partial charge in [-0.05, 0) is 42.7 Å². The average molecular weight is 566 g/mol. The van der Waals surface area contributed by atoms with Gasteiger partial charge in [-0.2, -0.15) is 4.98 Å². The molecule has 0 aliphatic carbocycles. The summed E-state index contributed by atoms with van der Waals surface area (Å²) in [5.41, 5.74) is 4.66. The largest absolute Gasteiger partial charge is 0.573 e. The van der Waals surface area contributed by atoms with Crippen LogP contribution in [0.15, 0.2) is 58.1 Å². The van der Waals surface area contributed by atoms with Gasteiger partial charge in [0.25, 0.3) is 5.56 Å². The summed E-state index contributed by atoms with van der Waals surface area (Å²) in [5, 5.41) is 0.493. The first-order valence-corrected chi connectivity index (χ1v) is 12.1. The van der Waals surface area contributed by atoms with E-state index in [1.54, 1.807) is 24.3 Å². The second-order valence-electron chi connectivity index (χ2n) is 8.63. The zero-order chi connectivity index (χ0) is 28.3. The molecule has 2 aromatic heterocycles. The van der Waals surface area contributed by atoms with E-state index in [-0.39, 0.29) is 42.4 Å². The van der Waals surface area contributed by atoms with Crippen molar-refractivity contribution in [2.75, 3.05) is 0 Å². The van der Waals surface area contributed by atoms with Crippen molar-refractivity contribution < 1.29 is 27.4 Å². The molecule has 2 aromatic carbocycles. The molecule has 10 nitrogen and oxygen atoms in total. The first kappa shape index (κ1) is 27.8. The molecule has 1 amide bonds. The number of aryl methyl sites for hydroxylation is 1. The summed E-state index contributed by atoms with van der Waals surface area (Å²) in [6.45, 7) is 0.102. The molecule has 2 N–H and O–H groups in total. The molecule has 39 heavy (non-hydrogen) atoms. The number of unbranched alkanes of at least 4 members (excludes halogenated alkanes) is 1. The lowest BCUT2D eigenvalue weighted by Gasteiger charge is -2.12. The molecular formula is C25H23ClF3N5O5. The minimum atomic E-state index is -4.90. The number of benzene rings is 2. The molecule has 0 aliphatic rings. The van der Waals surface area contributed by atoms with Gasteiger partial charge in [0.05, 0.1) is 6.54 Å². The number of amides is 1. The Labute approximate surface area is 223 Å². The molecule has 0 bridgehead atoms. The molecule has 0 fully saturated rings. The van der Waals surface area contributed by atoms with Gasteiger partial charge in [-0.3, -0.25) is 23.3 Å². The van der Waals surface area contributed by atoms with Crippen LogP contribution in [0.1, 0.15) is 24.8 Å². The summed E-state index contributed by atoms with van der Waals surface area (Å²) in [7, 11) is 1.44. The van der Waals surface area contributed by atoms with Gasteiger partial charge >= 0.3 is 18.1 Å². The van der Waals surface area contributed by atoms with Gasteiger partial charge < -0.3 is 15.2 Å². The normalized spacial score (nSPS) is 11.6. The van der Waals surface area contributed by atoms with Gasteiger partial charge in [0, 0.05) is 31.1 Å². The monoisotopic (exact) mass is 565 g/mol. The molecule has 0 spiro atoms. The molecular weight excluding hydrogens is 543 g/mol. The molecule has 14 heteroatoms. The van der Waals surface area contributed by atoms with Crippen molar-refractivity contribution >= 4 is 28.7 Å². The van der Waals surface area contributed by atoms with Crippen LogP contribution < -0.4 is 26.5 Å². The smallest absolute Gasteiger partial charge is 0.425 e. The van der Waals surface area contributed by atoms with Gasteiger partial charge in [0.2, 0.25) is 5.91 Å². The van der Waals surface area contributed by atoms with E-state index in [1.165, 1.54) is 28.3 Å². The van der Waals surface area contributed by atoms with E-state index in [2.05, 4.69) is 9.72 Å². The van der Waals surface area contributed by atoms with Crippen molar-refractivity contribution in [2.24, 2.45) is 12.8 Å². The van der Waals surface area contributed by atoms with Crippen molar-refractivity contribution in [3.63, 3.8) is 0 Å². The van der Waals surface area contributed by atoms with E-state index in [9.17, 15) is 27.6 Å². The topological polar surface area (TPSA) is 123 Å². The van der Waals surface area contributed by atoms with Gasteiger partial charge in [-0.25, -0.2) is 4.79 Å². The Kier molecular flexibility index (Phi) is 8.00. The van der Waals surface area contributed by atoms with Crippen LogP contribution in [-0.4, -0.2) is 31.0 Å². The summed E-state index contributed by atoms with van der Waals surface area (Å²) in [5.74, 6) is -1.04. The number of fused-ring (bicyclic) bond motifs is 1. The second-order valence-corrected chi connectivity index (χ2v) is 9.06. The summed E-state index contributed by atoms with van der Waals surface area (Å²) in [6, 6.07) is 11.4. The van der Waals surface area contributed by atoms with Crippen molar-refractivity contribution in [1.29, 1.82) is 0 Å². The Balaban J connectivity index is 1.81. The maximum atomic E-state index is 13.5. The summed E-state index contributed by atoms with van der Waals surface area (Å²) in [6.07, 6.45) is -4.05. The molecule has 0 saturated heterocycles. The minimum Gasteiger partial charge on any atom is -0.425 e. The first-order chi connectivity index (χ1) is 18.4. The van der Waals surface area contributed by atoms with E-state index >= 15 is 0 Å². The highest BCUT2D eigenvalue weighted by atomic mass is 35.5. The number of nitrogens with two attached hydrogens (primary N) is 1. The fourth-order valence-electron chi connectivity index (χ4n) is 3.96. The fourth-order valence-corrected chi connectivity index (χ4v) is 4.08. The van der Waals surface area contributed by atoms with Crippen LogP contribution in [0.25, 0.3) is 11.2 Å². The maximum absolute atomic E-state index is 13.5. The fraction of sp³-hybridized carbons (Fsp3) is 0.280.